The number of alkyl halides is 3. The van der Waals surface area contributed by atoms with Gasteiger partial charge in [-0.15, -0.1) is 0 Å². The molecule has 1 unspecified atom stereocenters. The third-order valence-electron chi connectivity index (χ3n) is 2.13. The first-order chi connectivity index (χ1) is 10.5. The van der Waals surface area contributed by atoms with E-state index in [9.17, 15) is 27.6 Å². The second kappa shape index (κ2) is 7.71. The highest BCUT2D eigenvalue weighted by atomic mass is 19.4. The fourth-order valence-electron chi connectivity index (χ4n) is 1.41. The highest BCUT2D eigenvalue weighted by molar-refractivity contribution is 5.78. The first-order valence-corrected chi connectivity index (χ1v) is 7.08. The lowest BCUT2D eigenvalue weighted by Gasteiger charge is -2.32. The van der Waals surface area contributed by atoms with Crippen LogP contribution in [0.3, 0.4) is 0 Å². The predicted molar refractivity (Wildman–Crippen MR) is 78.0 cm³/mol. The molecule has 140 valence electrons. The Kier molecular flexibility index (Phi) is 7.07. The molecule has 24 heavy (non-hydrogen) atoms. The molecular formula is C14H23F3N2O5. The highest BCUT2D eigenvalue weighted by Crippen LogP contribution is 2.24. The minimum atomic E-state index is -4.73. The molecule has 0 fully saturated rings. The van der Waals surface area contributed by atoms with Crippen LogP contribution in [-0.4, -0.2) is 46.9 Å². The van der Waals surface area contributed by atoms with E-state index in [2.05, 4.69) is 0 Å². The van der Waals surface area contributed by atoms with Crippen LogP contribution in [0.2, 0.25) is 0 Å². The van der Waals surface area contributed by atoms with Gasteiger partial charge in [0.1, 0.15) is 23.5 Å². The molecule has 0 aliphatic heterocycles. The Morgan fingerprint density at radius 1 is 1.04 bits per heavy atom. The van der Waals surface area contributed by atoms with Crippen LogP contribution < -0.4 is 5.43 Å². The van der Waals surface area contributed by atoms with Gasteiger partial charge in [0.15, 0.2) is 0 Å². The molecule has 0 aliphatic carbocycles. The van der Waals surface area contributed by atoms with Crippen LogP contribution in [-0.2, 0) is 14.3 Å². The summed E-state index contributed by atoms with van der Waals surface area (Å²) >= 11 is 0. The van der Waals surface area contributed by atoms with Gasteiger partial charge in [-0.2, -0.15) is 13.2 Å². The Morgan fingerprint density at radius 3 is 1.83 bits per heavy atom. The Balaban J connectivity index is 5.38. The fourth-order valence-corrected chi connectivity index (χ4v) is 1.41. The van der Waals surface area contributed by atoms with Crippen LogP contribution in [0.15, 0.2) is 0 Å². The van der Waals surface area contributed by atoms with Crippen molar-refractivity contribution in [2.75, 3.05) is 0 Å². The van der Waals surface area contributed by atoms with Crippen molar-refractivity contribution in [1.82, 2.24) is 10.4 Å². The Bertz CT molecular complexity index is 467. The molecule has 0 saturated heterocycles. The quantitative estimate of drug-likeness (QED) is 0.620. The molecule has 0 radical (unpaired) electrons. The normalized spacial score (nSPS) is 13.7. The number of aldehydes is 1. The zero-order valence-corrected chi connectivity index (χ0v) is 14.5. The average Bonchev–Trinajstić information content (AvgIpc) is 2.27. The van der Waals surface area contributed by atoms with Gasteiger partial charge in [-0.25, -0.2) is 20.0 Å². The summed E-state index contributed by atoms with van der Waals surface area (Å²) in [6.07, 6.45) is -8.99. The summed E-state index contributed by atoms with van der Waals surface area (Å²) in [5.74, 6) is 0. The molecule has 2 amide bonds. The van der Waals surface area contributed by atoms with Gasteiger partial charge in [0, 0.05) is 0 Å². The first-order valence-electron chi connectivity index (χ1n) is 7.08. The van der Waals surface area contributed by atoms with Crippen molar-refractivity contribution >= 4 is 18.5 Å². The Morgan fingerprint density at radius 2 is 1.50 bits per heavy atom. The van der Waals surface area contributed by atoms with Crippen molar-refractivity contribution in [2.45, 2.75) is 71.4 Å². The second-order valence-corrected chi connectivity index (χ2v) is 6.99. The molecule has 0 bridgehead atoms. The lowest BCUT2D eigenvalue weighted by molar-refractivity contribution is -0.153. The molecule has 7 nitrogen and oxygen atoms in total. The monoisotopic (exact) mass is 356 g/mol. The van der Waals surface area contributed by atoms with E-state index in [0.717, 1.165) is 0 Å². The van der Waals surface area contributed by atoms with Gasteiger partial charge in [0.05, 0.1) is 6.42 Å². The zero-order valence-electron chi connectivity index (χ0n) is 14.5. The molecule has 0 aromatic rings. The molecule has 1 N–H and O–H groups in total. The molecule has 10 heteroatoms. The number of amides is 2. The van der Waals surface area contributed by atoms with Crippen molar-refractivity contribution in [1.29, 1.82) is 0 Å². The maximum absolute atomic E-state index is 12.6. The van der Waals surface area contributed by atoms with Crippen molar-refractivity contribution in [3.05, 3.63) is 0 Å². The van der Waals surface area contributed by atoms with Crippen molar-refractivity contribution in [3.63, 3.8) is 0 Å². The lowest BCUT2D eigenvalue weighted by atomic mass is 10.2. The topological polar surface area (TPSA) is 84.9 Å². The van der Waals surface area contributed by atoms with E-state index in [-0.39, 0.29) is 11.3 Å². The summed E-state index contributed by atoms with van der Waals surface area (Å²) in [5, 5.41) is 0.180. The SMILES string of the molecule is CC(C)(C)OC(=O)NN(C(=O)OC(C)(C)C)C(C=O)CC(F)(F)F. The van der Waals surface area contributed by atoms with Crippen molar-refractivity contribution < 1.29 is 37.0 Å². The molecular weight excluding hydrogens is 333 g/mol. The molecule has 0 rings (SSSR count). The van der Waals surface area contributed by atoms with E-state index in [1.165, 1.54) is 41.5 Å². The summed E-state index contributed by atoms with van der Waals surface area (Å²) in [7, 11) is 0. The number of rotatable bonds is 3. The maximum atomic E-state index is 12.6. The molecule has 0 aliphatic rings. The summed E-state index contributed by atoms with van der Waals surface area (Å²) in [5.41, 5.74) is -0.163. The number of hydrogen-bond acceptors (Lipinski definition) is 5. The minimum absolute atomic E-state index is 0.102. The number of nitrogens with one attached hydrogen (secondary N) is 1. The molecule has 0 spiro atoms. The third kappa shape index (κ3) is 9.90. The van der Waals surface area contributed by atoms with Crippen LogP contribution in [0.1, 0.15) is 48.0 Å². The van der Waals surface area contributed by atoms with Gasteiger partial charge in [0.25, 0.3) is 0 Å². The highest BCUT2D eigenvalue weighted by Gasteiger charge is 2.39. The first kappa shape index (κ1) is 22.0. The predicted octanol–water partition coefficient (Wildman–Crippen LogP) is 3.18. The largest absolute Gasteiger partial charge is 0.443 e. The van der Waals surface area contributed by atoms with E-state index >= 15 is 0 Å². The summed E-state index contributed by atoms with van der Waals surface area (Å²) < 4.78 is 47.5. The van der Waals surface area contributed by atoms with E-state index < -0.39 is 42.0 Å². The maximum Gasteiger partial charge on any atom is 0.429 e. The van der Waals surface area contributed by atoms with Crippen LogP contribution in [0.4, 0.5) is 22.8 Å². The van der Waals surface area contributed by atoms with E-state index in [0.29, 0.717) is 0 Å². The van der Waals surface area contributed by atoms with E-state index in [1.807, 2.05) is 5.43 Å². The zero-order chi connectivity index (χ0) is 19.3. The van der Waals surface area contributed by atoms with E-state index in [1.54, 1.807) is 0 Å². The van der Waals surface area contributed by atoms with Gasteiger partial charge < -0.3 is 14.3 Å². The summed E-state index contributed by atoms with van der Waals surface area (Å²) in [6.45, 7) is 9.02. The molecule has 0 aromatic carbocycles. The number of carbonyl (C=O) groups excluding carboxylic acids is 3. The summed E-state index contributed by atoms with van der Waals surface area (Å²) in [4.78, 5) is 34.8. The summed E-state index contributed by atoms with van der Waals surface area (Å²) in [6, 6.07) is -1.99. The number of nitrogens with zero attached hydrogens (tertiary/aromatic N) is 1. The van der Waals surface area contributed by atoms with Crippen LogP contribution in [0.25, 0.3) is 0 Å². The Hall–Kier alpha value is -2.00. The van der Waals surface area contributed by atoms with Gasteiger partial charge in [0.2, 0.25) is 0 Å². The number of hydrogen-bond donors (Lipinski definition) is 1. The molecule has 0 aromatic heterocycles. The van der Waals surface area contributed by atoms with Gasteiger partial charge in [-0.3, -0.25) is 0 Å². The smallest absolute Gasteiger partial charge is 0.429 e. The van der Waals surface area contributed by atoms with Gasteiger partial charge in [-0.05, 0) is 41.5 Å². The second-order valence-electron chi connectivity index (χ2n) is 6.99. The number of carbonyl (C=O) groups is 3. The van der Waals surface area contributed by atoms with Crippen molar-refractivity contribution in [3.8, 4) is 0 Å². The lowest BCUT2D eigenvalue weighted by Crippen LogP contribution is -2.55. The standard InChI is InChI=1S/C14H23F3N2O5/c1-12(2,3)23-10(21)18-19(11(22)24-13(4,5)6)9(8-20)7-14(15,16)17/h8-9H,7H2,1-6H3,(H,18,21). The number of halogens is 3. The Labute approximate surface area is 138 Å². The van der Waals surface area contributed by atoms with Crippen LogP contribution >= 0.6 is 0 Å². The number of ether oxygens (including phenoxy) is 2. The molecule has 0 saturated carbocycles. The fraction of sp³-hybridized carbons (Fsp3) is 0.786. The van der Waals surface area contributed by atoms with Gasteiger partial charge >= 0.3 is 18.4 Å². The van der Waals surface area contributed by atoms with Crippen LogP contribution in [0, 0.1) is 0 Å². The van der Waals surface area contributed by atoms with Crippen molar-refractivity contribution in [2.24, 2.45) is 0 Å². The third-order valence-corrected chi connectivity index (χ3v) is 2.13. The minimum Gasteiger partial charge on any atom is -0.443 e. The van der Waals surface area contributed by atoms with E-state index in [4.69, 9.17) is 9.47 Å². The van der Waals surface area contributed by atoms with Crippen LogP contribution in [0.5, 0.6) is 0 Å². The number of hydrazine groups is 1. The molecule has 0 heterocycles. The van der Waals surface area contributed by atoms with Gasteiger partial charge in [-0.1, -0.05) is 0 Å². The molecule has 1 atom stereocenters. The average molecular weight is 356 g/mol.